The Morgan fingerprint density at radius 3 is 2.56 bits per heavy atom. The third-order valence-electron chi connectivity index (χ3n) is 3.14. The zero-order valence-corrected chi connectivity index (χ0v) is 14.0. The minimum absolute atomic E-state index is 0.0334. The molecule has 0 aliphatic carbocycles. The number of rotatable bonds is 6. The van der Waals surface area contributed by atoms with Crippen molar-refractivity contribution in [2.75, 3.05) is 13.6 Å². The van der Waals surface area contributed by atoms with Gasteiger partial charge in [-0.05, 0) is 12.6 Å². The van der Waals surface area contributed by atoms with Crippen LogP contribution >= 0.6 is 0 Å². The average Bonchev–Trinajstić information content (AvgIpc) is 2.56. The molecule has 1 aromatic carbocycles. The molecule has 1 fully saturated rings. The third-order valence-corrected chi connectivity index (χ3v) is 4.05. The number of carbonyl (C=O) groups excluding carboxylic acids is 3. The quantitative estimate of drug-likeness (QED) is 0.363. The molecule has 1 saturated heterocycles. The van der Waals surface area contributed by atoms with E-state index < -0.39 is 34.3 Å². The minimum Gasteiger partial charge on any atom is -0.445 e. The molecule has 12 heteroatoms. The molecule has 1 atom stereocenters. The molecule has 0 saturated carbocycles. The number of β-lactam (4-membered cyclic amide) rings is 1. The van der Waals surface area contributed by atoms with Crippen LogP contribution in [-0.4, -0.2) is 51.0 Å². The van der Waals surface area contributed by atoms with Gasteiger partial charge in [-0.2, -0.15) is 8.42 Å². The summed E-state index contributed by atoms with van der Waals surface area (Å²) in [5.41, 5.74) is 2.91. The highest BCUT2D eigenvalue weighted by atomic mass is 32.2. The molecule has 25 heavy (non-hydrogen) atoms. The van der Waals surface area contributed by atoms with Crippen LogP contribution < -0.4 is 20.3 Å². The van der Waals surface area contributed by atoms with Crippen LogP contribution in [0.25, 0.3) is 0 Å². The summed E-state index contributed by atoms with van der Waals surface area (Å²) in [6.45, 7) is -0.133. The van der Waals surface area contributed by atoms with Gasteiger partial charge in [0.1, 0.15) is 12.6 Å². The Balaban J connectivity index is 1.76. The molecule has 0 aromatic heterocycles. The second kappa shape index (κ2) is 7.92. The fraction of sp³-hybridized carbons (Fsp3) is 0.308. The molecule has 1 heterocycles. The summed E-state index contributed by atoms with van der Waals surface area (Å²) in [6, 6.07) is 6.88. The predicted molar refractivity (Wildman–Crippen MR) is 84.9 cm³/mol. The van der Waals surface area contributed by atoms with Crippen molar-refractivity contribution in [2.45, 2.75) is 12.6 Å². The lowest BCUT2D eigenvalue weighted by atomic mass is 10.1. The number of nitrogens with zero attached hydrogens (tertiary/aromatic N) is 1. The molecule has 1 unspecified atom stereocenters. The molecular formula is C13H17N5O6S. The summed E-state index contributed by atoms with van der Waals surface area (Å²) >= 11 is 0. The van der Waals surface area contributed by atoms with Crippen molar-refractivity contribution in [2.24, 2.45) is 0 Å². The van der Waals surface area contributed by atoms with E-state index in [4.69, 9.17) is 4.74 Å². The van der Waals surface area contributed by atoms with Gasteiger partial charge in [-0.15, -0.1) is 4.83 Å². The Labute approximate surface area is 143 Å². The third kappa shape index (κ3) is 5.14. The maximum atomic E-state index is 11.8. The lowest BCUT2D eigenvalue weighted by Crippen LogP contribution is -2.68. The van der Waals surface area contributed by atoms with E-state index in [0.717, 1.165) is 5.56 Å². The highest BCUT2D eigenvalue weighted by Gasteiger charge is 2.43. The number of carbonyl (C=O) groups is 3. The van der Waals surface area contributed by atoms with Crippen LogP contribution in [0, 0.1) is 0 Å². The van der Waals surface area contributed by atoms with Gasteiger partial charge < -0.3 is 10.1 Å². The smallest absolute Gasteiger partial charge is 0.408 e. The van der Waals surface area contributed by atoms with Gasteiger partial charge in [0, 0.05) is 0 Å². The van der Waals surface area contributed by atoms with Gasteiger partial charge in [0.05, 0.1) is 6.54 Å². The fourth-order valence-electron chi connectivity index (χ4n) is 1.95. The SMILES string of the molecule is CNNS(=O)(=O)NC(=O)N1CC(NC(=O)OCc2ccccc2)C1=O. The van der Waals surface area contributed by atoms with Crippen LogP contribution in [0.15, 0.2) is 30.3 Å². The molecule has 0 radical (unpaired) electrons. The first-order valence-corrected chi connectivity index (χ1v) is 8.59. The molecule has 11 nitrogen and oxygen atoms in total. The number of amides is 4. The summed E-state index contributed by atoms with van der Waals surface area (Å²) in [6.07, 6.45) is -0.813. The fourth-order valence-corrected chi connectivity index (χ4v) is 2.61. The first-order valence-electron chi connectivity index (χ1n) is 7.11. The summed E-state index contributed by atoms with van der Waals surface area (Å²) in [5, 5.41) is 2.30. The summed E-state index contributed by atoms with van der Waals surface area (Å²) in [4.78, 5) is 37.6. The predicted octanol–water partition coefficient (Wildman–Crippen LogP) is -1.20. The zero-order chi connectivity index (χ0) is 18.4. The molecule has 2 rings (SSSR count). The number of urea groups is 1. The average molecular weight is 371 g/mol. The van der Waals surface area contributed by atoms with E-state index in [1.54, 1.807) is 29.0 Å². The Bertz CT molecular complexity index is 753. The van der Waals surface area contributed by atoms with Crippen molar-refractivity contribution >= 4 is 28.2 Å². The minimum atomic E-state index is -4.12. The topological polar surface area (TPSA) is 146 Å². The molecule has 136 valence electrons. The van der Waals surface area contributed by atoms with Gasteiger partial charge in [0.25, 0.3) is 5.91 Å². The molecule has 4 amide bonds. The van der Waals surface area contributed by atoms with Crippen molar-refractivity contribution in [1.82, 2.24) is 25.2 Å². The Kier molecular flexibility index (Phi) is 5.90. The van der Waals surface area contributed by atoms with Gasteiger partial charge in [-0.3, -0.25) is 9.69 Å². The second-order valence-electron chi connectivity index (χ2n) is 4.97. The van der Waals surface area contributed by atoms with Crippen LogP contribution in [0.4, 0.5) is 9.59 Å². The van der Waals surface area contributed by atoms with Crippen molar-refractivity contribution in [1.29, 1.82) is 0 Å². The maximum Gasteiger partial charge on any atom is 0.408 e. The van der Waals surface area contributed by atoms with E-state index >= 15 is 0 Å². The standard InChI is InChI=1S/C13H17N5O6S/c1-14-17-25(22,23)16-12(20)18-7-10(11(18)19)15-13(21)24-8-9-5-3-2-4-6-9/h2-6,10,14,17H,7-8H2,1H3,(H,15,21)(H,16,20). The van der Waals surface area contributed by atoms with Crippen LogP contribution in [-0.2, 0) is 26.3 Å². The highest BCUT2D eigenvalue weighted by Crippen LogP contribution is 2.11. The van der Waals surface area contributed by atoms with Gasteiger partial charge in [-0.25, -0.2) is 19.7 Å². The number of likely N-dealkylation sites (tertiary alicyclic amines) is 1. The number of alkyl carbamates (subject to hydrolysis) is 1. The van der Waals surface area contributed by atoms with Crippen LogP contribution in [0.5, 0.6) is 0 Å². The monoisotopic (exact) mass is 371 g/mol. The van der Waals surface area contributed by atoms with Crippen LogP contribution in [0.3, 0.4) is 0 Å². The lowest BCUT2D eigenvalue weighted by Gasteiger charge is -2.36. The molecular weight excluding hydrogens is 354 g/mol. The first kappa shape index (κ1) is 18.6. The van der Waals surface area contributed by atoms with Crippen molar-refractivity contribution in [3.63, 3.8) is 0 Å². The highest BCUT2D eigenvalue weighted by molar-refractivity contribution is 7.88. The molecule has 0 spiro atoms. The van der Waals surface area contributed by atoms with E-state index in [0.29, 0.717) is 4.90 Å². The van der Waals surface area contributed by atoms with Crippen molar-refractivity contribution in [3.05, 3.63) is 35.9 Å². The number of imide groups is 1. The zero-order valence-electron chi connectivity index (χ0n) is 13.2. The van der Waals surface area contributed by atoms with E-state index in [9.17, 15) is 22.8 Å². The van der Waals surface area contributed by atoms with Crippen molar-refractivity contribution in [3.8, 4) is 0 Å². The molecule has 1 aromatic rings. The summed E-state index contributed by atoms with van der Waals surface area (Å²) < 4.78 is 29.3. The number of benzene rings is 1. The number of hydrogen-bond acceptors (Lipinski definition) is 7. The van der Waals surface area contributed by atoms with Gasteiger partial charge in [0.2, 0.25) is 0 Å². The molecule has 1 aliphatic heterocycles. The van der Waals surface area contributed by atoms with Crippen LogP contribution in [0.2, 0.25) is 0 Å². The van der Waals surface area contributed by atoms with E-state index in [2.05, 4.69) is 10.7 Å². The van der Waals surface area contributed by atoms with Crippen molar-refractivity contribution < 1.29 is 27.5 Å². The number of nitrogens with one attached hydrogen (secondary N) is 4. The summed E-state index contributed by atoms with van der Waals surface area (Å²) in [5.74, 6) is -0.742. The molecule has 1 aliphatic rings. The lowest BCUT2D eigenvalue weighted by molar-refractivity contribution is -0.139. The largest absolute Gasteiger partial charge is 0.445 e. The molecule has 4 N–H and O–H groups in total. The van der Waals surface area contributed by atoms with E-state index in [1.165, 1.54) is 7.05 Å². The number of ether oxygens (including phenoxy) is 1. The molecule has 0 bridgehead atoms. The normalized spacial score (nSPS) is 16.8. The number of hydrogen-bond donors (Lipinski definition) is 4. The number of hydrazine groups is 1. The van der Waals surface area contributed by atoms with Gasteiger partial charge in [0.15, 0.2) is 0 Å². The Morgan fingerprint density at radius 2 is 1.96 bits per heavy atom. The first-order chi connectivity index (χ1) is 11.8. The van der Waals surface area contributed by atoms with Crippen LogP contribution in [0.1, 0.15) is 5.56 Å². The van der Waals surface area contributed by atoms with E-state index in [-0.39, 0.29) is 13.2 Å². The maximum absolute atomic E-state index is 11.8. The van der Waals surface area contributed by atoms with Gasteiger partial charge in [-0.1, -0.05) is 30.3 Å². The second-order valence-corrected chi connectivity index (χ2v) is 6.39. The van der Waals surface area contributed by atoms with Gasteiger partial charge >= 0.3 is 22.3 Å². The van der Waals surface area contributed by atoms with E-state index in [1.807, 2.05) is 10.9 Å². The Morgan fingerprint density at radius 1 is 1.28 bits per heavy atom. The summed E-state index contributed by atoms with van der Waals surface area (Å²) in [7, 11) is -2.83. The Hall–Kier alpha value is -2.70.